The molecule has 1 nitrogen and oxygen atoms in total. The smallest absolute Gasteiger partial charge is 0.00983 e. The summed E-state index contributed by atoms with van der Waals surface area (Å²) in [5.41, 5.74) is 7.82. The molecule has 1 aromatic carbocycles. The lowest BCUT2D eigenvalue weighted by atomic mass is 9.81. The van der Waals surface area contributed by atoms with Gasteiger partial charge in [0.15, 0.2) is 0 Å². The zero-order chi connectivity index (χ0) is 11.7. The molecule has 4 atom stereocenters. The molecule has 92 valence electrons. The molecule has 3 rings (SSSR count). The third kappa shape index (κ3) is 2.26. The summed E-state index contributed by atoms with van der Waals surface area (Å²) in [5.74, 6) is 2.66. The van der Waals surface area contributed by atoms with Gasteiger partial charge in [-0.15, -0.1) is 0 Å². The Morgan fingerprint density at radius 1 is 1.06 bits per heavy atom. The molecule has 2 bridgehead atoms. The fourth-order valence-electron chi connectivity index (χ4n) is 4.07. The minimum absolute atomic E-state index is 0.518. The maximum atomic E-state index is 6.34. The molecule has 0 aromatic heterocycles. The highest BCUT2D eigenvalue weighted by Gasteiger charge is 2.44. The van der Waals surface area contributed by atoms with Gasteiger partial charge < -0.3 is 5.73 Å². The first kappa shape index (κ1) is 11.3. The van der Waals surface area contributed by atoms with Crippen LogP contribution in [0.3, 0.4) is 0 Å². The van der Waals surface area contributed by atoms with Crippen LogP contribution in [-0.4, -0.2) is 6.04 Å². The van der Waals surface area contributed by atoms with Gasteiger partial charge in [-0.05, 0) is 61.8 Å². The Hall–Kier alpha value is -0.820. The molecule has 0 radical (unpaired) electrons. The summed E-state index contributed by atoms with van der Waals surface area (Å²) in [6.07, 6.45) is 8.16. The maximum absolute atomic E-state index is 6.34. The SMILES string of the molecule is N[C@@H]1[C@H]2CC[C@H](C2)[C@@H]1CCCc1ccccc1. The van der Waals surface area contributed by atoms with Crippen LogP contribution in [0.5, 0.6) is 0 Å². The van der Waals surface area contributed by atoms with Gasteiger partial charge in [0.05, 0.1) is 0 Å². The molecule has 1 heteroatoms. The Kier molecular flexibility index (Phi) is 3.19. The van der Waals surface area contributed by atoms with E-state index < -0.39 is 0 Å². The summed E-state index contributed by atoms with van der Waals surface area (Å²) >= 11 is 0. The molecule has 0 amide bonds. The molecule has 0 heterocycles. The Bertz CT molecular complexity index is 357. The van der Waals surface area contributed by atoms with Crippen LogP contribution in [0.1, 0.15) is 37.7 Å². The molecule has 2 aliphatic carbocycles. The van der Waals surface area contributed by atoms with Crippen molar-refractivity contribution in [2.24, 2.45) is 23.5 Å². The number of nitrogens with two attached hydrogens (primary N) is 1. The average Bonchev–Trinajstić information content (AvgIpc) is 2.94. The molecular weight excluding hydrogens is 206 g/mol. The van der Waals surface area contributed by atoms with Crippen LogP contribution in [-0.2, 0) is 6.42 Å². The first-order valence-electron chi connectivity index (χ1n) is 7.14. The highest BCUT2D eigenvalue weighted by Crippen LogP contribution is 2.49. The molecule has 2 N–H and O–H groups in total. The molecule has 2 aliphatic rings. The van der Waals surface area contributed by atoms with E-state index in [9.17, 15) is 0 Å². The normalized spacial score (nSPS) is 35.4. The van der Waals surface area contributed by atoms with Gasteiger partial charge >= 0.3 is 0 Å². The number of fused-ring (bicyclic) bond motifs is 2. The Balaban J connectivity index is 1.49. The van der Waals surface area contributed by atoms with Crippen LogP contribution in [0.15, 0.2) is 30.3 Å². The van der Waals surface area contributed by atoms with Crippen molar-refractivity contribution in [3.63, 3.8) is 0 Å². The summed E-state index contributed by atoms with van der Waals surface area (Å²) in [6.45, 7) is 0. The monoisotopic (exact) mass is 229 g/mol. The Labute approximate surface area is 104 Å². The summed E-state index contributed by atoms with van der Waals surface area (Å²) in [6, 6.07) is 11.4. The largest absolute Gasteiger partial charge is 0.327 e. The molecule has 0 unspecified atom stereocenters. The highest BCUT2D eigenvalue weighted by molar-refractivity contribution is 5.14. The fraction of sp³-hybridized carbons (Fsp3) is 0.625. The van der Waals surface area contributed by atoms with E-state index in [1.807, 2.05) is 0 Å². The third-order valence-corrected chi connectivity index (χ3v) is 5.00. The van der Waals surface area contributed by atoms with Crippen molar-refractivity contribution in [1.82, 2.24) is 0 Å². The van der Waals surface area contributed by atoms with Crippen LogP contribution in [0, 0.1) is 17.8 Å². The van der Waals surface area contributed by atoms with Crippen LogP contribution in [0.4, 0.5) is 0 Å². The lowest BCUT2D eigenvalue weighted by molar-refractivity contribution is 0.268. The topological polar surface area (TPSA) is 26.0 Å². The highest BCUT2D eigenvalue weighted by atomic mass is 14.7. The van der Waals surface area contributed by atoms with Crippen molar-refractivity contribution in [1.29, 1.82) is 0 Å². The average molecular weight is 229 g/mol. The van der Waals surface area contributed by atoms with Gasteiger partial charge in [0.25, 0.3) is 0 Å². The van der Waals surface area contributed by atoms with E-state index >= 15 is 0 Å². The number of aryl methyl sites for hydroxylation is 1. The van der Waals surface area contributed by atoms with Crippen molar-refractivity contribution in [3.8, 4) is 0 Å². The van der Waals surface area contributed by atoms with E-state index in [1.165, 1.54) is 44.1 Å². The van der Waals surface area contributed by atoms with Crippen molar-refractivity contribution < 1.29 is 0 Å². The van der Waals surface area contributed by atoms with Crippen LogP contribution in [0.25, 0.3) is 0 Å². The Morgan fingerprint density at radius 3 is 2.53 bits per heavy atom. The van der Waals surface area contributed by atoms with Gasteiger partial charge in [0, 0.05) is 6.04 Å². The quantitative estimate of drug-likeness (QED) is 0.841. The maximum Gasteiger partial charge on any atom is 0.00983 e. The first-order valence-corrected chi connectivity index (χ1v) is 7.14. The standard InChI is InChI=1S/C16H23N/c17-16-14-10-9-13(11-14)15(16)8-4-7-12-5-2-1-3-6-12/h1-3,5-6,13-16H,4,7-11,17H2/t13-,14+,15+,16-/m1/s1. The van der Waals surface area contributed by atoms with Gasteiger partial charge in [-0.3, -0.25) is 0 Å². The van der Waals surface area contributed by atoms with E-state index in [0.717, 1.165) is 17.8 Å². The molecule has 0 saturated heterocycles. The summed E-state index contributed by atoms with van der Waals surface area (Å²) in [4.78, 5) is 0. The molecule has 1 aromatic rings. The van der Waals surface area contributed by atoms with E-state index in [2.05, 4.69) is 30.3 Å². The second-order valence-electron chi connectivity index (χ2n) is 5.95. The molecule has 0 spiro atoms. The van der Waals surface area contributed by atoms with Gasteiger partial charge in [-0.25, -0.2) is 0 Å². The minimum Gasteiger partial charge on any atom is -0.327 e. The van der Waals surface area contributed by atoms with E-state index in [-0.39, 0.29) is 0 Å². The second-order valence-corrected chi connectivity index (χ2v) is 5.95. The summed E-state index contributed by atoms with van der Waals surface area (Å²) in [7, 11) is 0. The van der Waals surface area contributed by atoms with Gasteiger partial charge in [0.2, 0.25) is 0 Å². The molecular formula is C16H23N. The third-order valence-electron chi connectivity index (χ3n) is 5.00. The summed E-state index contributed by atoms with van der Waals surface area (Å²) in [5, 5.41) is 0. The molecule has 17 heavy (non-hydrogen) atoms. The van der Waals surface area contributed by atoms with E-state index in [4.69, 9.17) is 5.73 Å². The summed E-state index contributed by atoms with van der Waals surface area (Å²) < 4.78 is 0. The van der Waals surface area contributed by atoms with Gasteiger partial charge in [-0.1, -0.05) is 30.3 Å². The van der Waals surface area contributed by atoms with Gasteiger partial charge in [0.1, 0.15) is 0 Å². The Morgan fingerprint density at radius 2 is 1.82 bits per heavy atom. The predicted octanol–water partition coefficient (Wildman–Crippen LogP) is 3.38. The predicted molar refractivity (Wildman–Crippen MR) is 71.7 cm³/mol. The fourth-order valence-corrected chi connectivity index (χ4v) is 4.07. The van der Waals surface area contributed by atoms with E-state index in [1.54, 1.807) is 0 Å². The molecule has 2 fully saturated rings. The number of benzene rings is 1. The van der Waals surface area contributed by atoms with Crippen molar-refractivity contribution >= 4 is 0 Å². The van der Waals surface area contributed by atoms with E-state index in [0.29, 0.717) is 6.04 Å². The van der Waals surface area contributed by atoms with Crippen LogP contribution >= 0.6 is 0 Å². The molecule has 2 saturated carbocycles. The van der Waals surface area contributed by atoms with Crippen molar-refractivity contribution in [2.45, 2.75) is 44.6 Å². The van der Waals surface area contributed by atoms with Gasteiger partial charge in [-0.2, -0.15) is 0 Å². The van der Waals surface area contributed by atoms with Crippen molar-refractivity contribution in [2.75, 3.05) is 0 Å². The molecule has 0 aliphatic heterocycles. The number of hydrogen-bond donors (Lipinski definition) is 1. The number of rotatable bonds is 4. The van der Waals surface area contributed by atoms with Crippen LogP contribution < -0.4 is 5.73 Å². The number of hydrogen-bond acceptors (Lipinski definition) is 1. The van der Waals surface area contributed by atoms with Crippen molar-refractivity contribution in [3.05, 3.63) is 35.9 Å². The zero-order valence-electron chi connectivity index (χ0n) is 10.5. The first-order chi connectivity index (χ1) is 8.34. The zero-order valence-corrected chi connectivity index (χ0v) is 10.5. The lowest BCUT2D eigenvalue weighted by Crippen LogP contribution is -2.35. The lowest BCUT2D eigenvalue weighted by Gasteiger charge is -2.28. The van der Waals surface area contributed by atoms with Crippen LogP contribution in [0.2, 0.25) is 0 Å². The minimum atomic E-state index is 0.518. The second kappa shape index (κ2) is 4.81.